The van der Waals surface area contributed by atoms with Crippen LogP contribution in [0.15, 0.2) is 23.1 Å². The van der Waals surface area contributed by atoms with Crippen LogP contribution in [0.5, 0.6) is 0 Å². The predicted octanol–water partition coefficient (Wildman–Crippen LogP) is 3.49. The Morgan fingerprint density at radius 3 is 2.80 bits per heavy atom. The lowest BCUT2D eigenvalue weighted by Crippen LogP contribution is -2.47. The number of likely N-dealkylation sites (tertiary alicyclic amines) is 1. The number of carbonyl (C=O) groups is 2. The summed E-state index contributed by atoms with van der Waals surface area (Å²) in [6, 6.07) is 6.00. The molecule has 0 radical (unpaired) electrons. The fourth-order valence-corrected chi connectivity index (χ4v) is 4.34. The van der Waals surface area contributed by atoms with Crippen LogP contribution >= 0.6 is 11.8 Å². The van der Waals surface area contributed by atoms with E-state index in [4.69, 9.17) is 0 Å². The minimum absolute atomic E-state index is 0.184. The minimum atomic E-state index is -4.96. The molecular weight excluding hydrogens is 355 g/mol. The molecule has 1 aliphatic carbocycles. The zero-order valence-electron chi connectivity index (χ0n) is 13.6. The van der Waals surface area contributed by atoms with Crippen LogP contribution in [-0.2, 0) is 20.7 Å². The SMILES string of the molecule is CN1C(=O)CC[C@H]2c3ccc(SCOC(=O)C(F)(F)F)cc3CCC21. The van der Waals surface area contributed by atoms with E-state index in [1.807, 2.05) is 30.1 Å². The van der Waals surface area contributed by atoms with E-state index in [0.29, 0.717) is 12.3 Å². The summed E-state index contributed by atoms with van der Waals surface area (Å²) < 4.78 is 40.5. The summed E-state index contributed by atoms with van der Waals surface area (Å²) in [5.74, 6) is -2.05. The second-order valence-electron chi connectivity index (χ2n) is 6.31. The fraction of sp³-hybridized carbons (Fsp3) is 0.529. The molecule has 0 aromatic heterocycles. The van der Waals surface area contributed by atoms with Gasteiger partial charge in [-0.3, -0.25) is 4.79 Å². The number of ether oxygens (including phenoxy) is 1. The van der Waals surface area contributed by atoms with Gasteiger partial charge >= 0.3 is 12.1 Å². The van der Waals surface area contributed by atoms with Crippen LogP contribution in [0.4, 0.5) is 13.2 Å². The number of piperidine rings is 1. The van der Waals surface area contributed by atoms with Gasteiger partial charge in [0, 0.05) is 30.3 Å². The molecule has 2 aliphatic rings. The number of fused-ring (bicyclic) bond motifs is 3. The summed E-state index contributed by atoms with van der Waals surface area (Å²) in [7, 11) is 1.85. The molecule has 1 aromatic rings. The van der Waals surface area contributed by atoms with Crippen LogP contribution in [0.2, 0.25) is 0 Å². The number of carbonyl (C=O) groups excluding carboxylic acids is 2. The summed E-state index contributed by atoms with van der Waals surface area (Å²) in [6.07, 6.45) is -1.88. The van der Waals surface area contributed by atoms with Crippen molar-refractivity contribution < 1.29 is 27.5 Å². The first-order valence-electron chi connectivity index (χ1n) is 8.02. The maximum Gasteiger partial charge on any atom is 0.490 e. The molecule has 1 aliphatic heterocycles. The number of rotatable bonds is 3. The van der Waals surface area contributed by atoms with Gasteiger partial charge in [0.2, 0.25) is 5.91 Å². The predicted molar refractivity (Wildman–Crippen MR) is 86.2 cm³/mol. The molecule has 1 unspecified atom stereocenters. The Kier molecular flexibility index (Phi) is 4.99. The Morgan fingerprint density at radius 2 is 2.08 bits per heavy atom. The number of benzene rings is 1. The van der Waals surface area contributed by atoms with Gasteiger partial charge in [-0.1, -0.05) is 17.8 Å². The van der Waals surface area contributed by atoms with Crippen molar-refractivity contribution in [3.63, 3.8) is 0 Å². The third kappa shape index (κ3) is 3.78. The number of alkyl halides is 3. The van der Waals surface area contributed by atoms with Crippen LogP contribution in [0, 0.1) is 0 Å². The van der Waals surface area contributed by atoms with E-state index in [1.165, 1.54) is 5.56 Å². The van der Waals surface area contributed by atoms with Crippen LogP contribution < -0.4 is 0 Å². The molecule has 0 spiro atoms. The normalized spacial score (nSPS) is 23.0. The largest absolute Gasteiger partial charge is 0.490 e. The third-order valence-corrected chi connectivity index (χ3v) is 5.72. The smallest absolute Gasteiger partial charge is 0.448 e. The van der Waals surface area contributed by atoms with E-state index in [2.05, 4.69) is 4.74 Å². The van der Waals surface area contributed by atoms with Crippen LogP contribution in [0.1, 0.15) is 36.3 Å². The van der Waals surface area contributed by atoms with Crippen molar-refractivity contribution in [2.45, 2.75) is 48.7 Å². The maximum absolute atomic E-state index is 12.1. The third-order valence-electron chi connectivity index (χ3n) is 4.89. The van der Waals surface area contributed by atoms with Gasteiger partial charge < -0.3 is 9.64 Å². The molecule has 1 fully saturated rings. The molecule has 3 rings (SSSR count). The lowest BCUT2D eigenvalue weighted by Gasteiger charge is -2.43. The average Bonchev–Trinajstić information content (AvgIpc) is 2.56. The first-order valence-corrected chi connectivity index (χ1v) is 9.01. The number of esters is 1. The lowest BCUT2D eigenvalue weighted by atomic mass is 9.74. The minimum Gasteiger partial charge on any atom is -0.448 e. The van der Waals surface area contributed by atoms with Crippen molar-refractivity contribution in [1.29, 1.82) is 0 Å². The van der Waals surface area contributed by atoms with Crippen molar-refractivity contribution in [3.8, 4) is 0 Å². The molecular formula is C17H18F3NO3S. The van der Waals surface area contributed by atoms with Gasteiger partial charge in [0.1, 0.15) is 5.94 Å². The van der Waals surface area contributed by atoms with E-state index in [9.17, 15) is 22.8 Å². The lowest BCUT2D eigenvalue weighted by molar-refractivity contribution is -0.197. The fourth-order valence-electron chi connectivity index (χ4n) is 3.65. The zero-order valence-corrected chi connectivity index (χ0v) is 14.5. The summed E-state index contributed by atoms with van der Waals surface area (Å²) >= 11 is 1.06. The number of thioether (sulfide) groups is 1. The molecule has 2 atom stereocenters. The Bertz CT molecular complexity index is 692. The summed E-state index contributed by atoms with van der Waals surface area (Å²) in [4.78, 5) is 25.2. The molecule has 1 saturated heterocycles. The van der Waals surface area contributed by atoms with Crippen molar-refractivity contribution in [3.05, 3.63) is 29.3 Å². The highest BCUT2D eigenvalue weighted by Gasteiger charge is 2.41. The number of amides is 1. The van der Waals surface area contributed by atoms with Gasteiger partial charge in [-0.05, 0) is 42.5 Å². The quantitative estimate of drug-likeness (QED) is 0.462. The zero-order chi connectivity index (χ0) is 18.2. The van der Waals surface area contributed by atoms with Crippen molar-refractivity contribution in [2.75, 3.05) is 13.0 Å². The van der Waals surface area contributed by atoms with Gasteiger partial charge in [0.15, 0.2) is 0 Å². The van der Waals surface area contributed by atoms with Crippen molar-refractivity contribution in [2.24, 2.45) is 0 Å². The van der Waals surface area contributed by atoms with Gasteiger partial charge in [0.05, 0.1) is 0 Å². The highest BCUT2D eigenvalue weighted by Crippen LogP contribution is 2.41. The number of hydrogen-bond acceptors (Lipinski definition) is 4. The van der Waals surface area contributed by atoms with E-state index in [-0.39, 0.29) is 17.9 Å². The Balaban J connectivity index is 1.66. The van der Waals surface area contributed by atoms with E-state index < -0.39 is 12.1 Å². The molecule has 1 amide bonds. The van der Waals surface area contributed by atoms with E-state index in [1.54, 1.807) is 0 Å². The summed E-state index contributed by atoms with van der Waals surface area (Å²) in [5, 5.41) is 0. The molecule has 0 N–H and O–H groups in total. The standard InChI is InChI=1S/C17H18F3NO3S/c1-21-14-6-2-10-8-11(25-9-24-16(23)17(18,19)20)3-4-12(10)13(14)5-7-15(21)22/h3-4,8,13-14H,2,5-7,9H2,1H3/t13-,14?/m0/s1. The van der Waals surface area contributed by atoms with Gasteiger partial charge in [-0.25, -0.2) is 4.79 Å². The number of aryl methyl sites for hydroxylation is 1. The molecule has 1 heterocycles. The average molecular weight is 373 g/mol. The van der Waals surface area contributed by atoms with E-state index in [0.717, 1.165) is 41.5 Å². The van der Waals surface area contributed by atoms with Crippen LogP contribution in [-0.4, -0.2) is 42.0 Å². The van der Waals surface area contributed by atoms with Crippen molar-refractivity contribution >= 4 is 23.6 Å². The van der Waals surface area contributed by atoms with Crippen LogP contribution in [0.3, 0.4) is 0 Å². The monoisotopic (exact) mass is 373 g/mol. The number of likely N-dealkylation sites (N-methyl/N-ethyl adjacent to an activating group) is 1. The number of halogens is 3. The second kappa shape index (κ2) is 6.90. The molecule has 25 heavy (non-hydrogen) atoms. The summed E-state index contributed by atoms with van der Waals surface area (Å²) in [5.41, 5.74) is 2.38. The highest BCUT2D eigenvalue weighted by atomic mass is 32.2. The van der Waals surface area contributed by atoms with Gasteiger partial charge in [-0.2, -0.15) is 13.2 Å². The Hall–Kier alpha value is -1.70. The van der Waals surface area contributed by atoms with Gasteiger partial charge in [0.25, 0.3) is 0 Å². The molecule has 0 saturated carbocycles. The molecule has 8 heteroatoms. The number of hydrogen-bond donors (Lipinski definition) is 0. The molecule has 1 aromatic carbocycles. The number of nitrogens with zero attached hydrogens (tertiary/aromatic N) is 1. The topological polar surface area (TPSA) is 46.6 Å². The molecule has 4 nitrogen and oxygen atoms in total. The molecule has 0 bridgehead atoms. The van der Waals surface area contributed by atoms with E-state index >= 15 is 0 Å². The maximum atomic E-state index is 12.1. The summed E-state index contributed by atoms with van der Waals surface area (Å²) in [6.45, 7) is 0. The highest BCUT2D eigenvalue weighted by molar-refractivity contribution is 7.99. The van der Waals surface area contributed by atoms with Crippen LogP contribution in [0.25, 0.3) is 0 Å². The first kappa shape index (κ1) is 18.1. The molecule has 136 valence electrons. The Labute approximate surface area is 147 Å². The second-order valence-corrected chi connectivity index (χ2v) is 7.30. The van der Waals surface area contributed by atoms with Gasteiger partial charge in [-0.15, -0.1) is 0 Å². The van der Waals surface area contributed by atoms with Crippen molar-refractivity contribution in [1.82, 2.24) is 4.90 Å². The Morgan fingerprint density at radius 1 is 1.32 bits per heavy atom. The first-order chi connectivity index (χ1) is 11.8.